The van der Waals surface area contributed by atoms with Gasteiger partial charge in [-0.25, -0.2) is 14.1 Å². The summed E-state index contributed by atoms with van der Waals surface area (Å²) in [7, 11) is 0. The van der Waals surface area contributed by atoms with E-state index in [2.05, 4.69) is 32.5 Å². The van der Waals surface area contributed by atoms with Gasteiger partial charge >= 0.3 is 0 Å². The summed E-state index contributed by atoms with van der Waals surface area (Å²) < 4.78 is 22.7. The van der Waals surface area contributed by atoms with Gasteiger partial charge in [-0.2, -0.15) is 10.5 Å². The van der Waals surface area contributed by atoms with Crippen LogP contribution in [0.3, 0.4) is 0 Å². The molecule has 1 fully saturated rings. The summed E-state index contributed by atoms with van der Waals surface area (Å²) in [5.41, 5.74) is 3.75. The Balaban J connectivity index is 1.48. The molecule has 11 heteroatoms. The number of nitrogens with zero attached hydrogens (tertiary/aromatic N) is 9. The van der Waals surface area contributed by atoms with Gasteiger partial charge in [0.1, 0.15) is 35.5 Å². The summed E-state index contributed by atoms with van der Waals surface area (Å²) >= 11 is 0. The number of hydrogen-bond acceptors (Lipinski definition) is 8. The van der Waals surface area contributed by atoms with Crippen LogP contribution in [0.5, 0.6) is 5.88 Å². The van der Waals surface area contributed by atoms with E-state index in [-0.39, 0.29) is 12.6 Å². The van der Waals surface area contributed by atoms with Crippen molar-refractivity contribution in [3.63, 3.8) is 0 Å². The first-order valence-electron chi connectivity index (χ1n) is 10.8. The minimum atomic E-state index is -0.425. The zero-order chi connectivity index (χ0) is 23.7. The van der Waals surface area contributed by atoms with Gasteiger partial charge in [-0.3, -0.25) is 9.38 Å². The monoisotopic (exact) mass is 457 g/mol. The van der Waals surface area contributed by atoms with Gasteiger partial charge in [-0.05, 0) is 38.0 Å². The summed E-state index contributed by atoms with van der Waals surface area (Å²) in [6, 6.07) is 8.78. The third kappa shape index (κ3) is 3.88. The van der Waals surface area contributed by atoms with Crippen LogP contribution in [0, 0.1) is 35.5 Å². The predicted octanol–water partition coefficient (Wildman–Crippen LogP) is 3.00. The predicted molar refractivity (Wildman–Crippen MR) is 118 cm³/mol. The Morgan fingerprint density at radius 2 is 1.97 bits per heavy atom. The summed E-state index contributed by atoms with van der Waals surface area (Å²) in [4.78, 5) is 10.1. The average molecular weight is 457 g/mol. The van der Waals surface area contributed by atoms with Crippen LogP contribution in [0.4, 0.5) is 4.39 Å². The SMILES string of the molecule is Cc1c(-c2cc(OCc3ccc(F)cn3)n3c(C#N)cnc3c2)nnn1C1CCN(C#N)CC1. The fourth-order valence-electron chi connectivity index (χ4n) is 4.20. The molecule has 10 nitrogen and oxygen atoms in total. The highest BCUT2D eigenvalue weighted by Gasteiger charge is 2.24. The molecule has 0 aliphatic carbocycles. The lowest BCUT2D eigenvalue weighted by molar-refractivity contribution is 0.237. The third-order valence-corrected chi connectivity index (χ3v) is 6.00. The number of pyridine rings is 2. The van der Waals surface area contributed by atoms with E-state index in [4.69, 9.17) is 10.00 Å². The number of imidazole rings is 1. The molecule has 0 spiro atoms. The standard InChI is InChI=1S/C23H20FN9O/c1-15-23(29-30-33(15)19-4-6-31(14-26)7-5-19)16-8-21-28-12-20(10-25)32(21)22(9-16)34-13-18-3-2-17(24)11-27-18/h2-3,8-9,11-12,19H,4-7,13H2,1H3. The van der Waals surface area contributed by atoms with Gasteiger partial charge in [-0.1, -0.05) is 5.21 Å². The van der Waals surface area contributed by atoms with Crippen LogP contribution in [0.1, 0.15) is 36.0 Å². The largest absolute Gasteiger partial charge is 0.472 e. The number of rotatable bonds is 5. The summed E-state index contributed by atoms with van der Waals surface area (Å²) in [5.74, 6) is -0.0321. The van der Waals surface area contributed by atoms with E-state index in [0.29, 0.717) is 41.7 Å². The van der Waals surface area contributed by atoms with E-state index in [1.54, 1.807) is 21.4 Å². The molecule has 4 aromatic heterocycles. The molecule has 0 aromatic carbocycles. The van der Waals surface area contributed by atoms with Crippen LogP contribution < -0.4 is 4.74 Å². The van der Waals surface area contributed by atoms with Crippen molar-refractivity contribution in [1.82, 2.24) is 34.3 Å². The van der Waals surface area contributed by atoms with E-state index in [0.717, 1.165) is 30.3 Å². The van der Waals surface area contributed by atoms with Crippen LogP contribution in [0.15, 0.2) is 36.7 Å². The molecule has 1 aliphatic rings. The Kier molecular flexibility index (Phi) is 5.52. The molecule has 5 heterocycles. The molecule has 0 saturated carbocycles. The maximum Gasteiger partial charge on any atom is 0.201 e. The molecule has 0 N–H and O–H groups in total. The van der Waals surface area contributed by atoms with Crippen molar-refractivity contribution in [2.75, 3.05) is 13.1 Å². The Hall–Kier alpha value is -4.51. The van der Waals surface area contributed by atoms with E-state index in [1.807, 2.05) is 17.7 Å². The normalized spacial score (nSPS) is 14.2. The molecule has 1 aliphatic heterocycles. The first-order valence-corrected chi connectivity index (χ1v) is 10.8. The van der Waals surface area contributed by atoms with Crippen molar-refractivity contribution < 1.29 is 9.13 Å². The zero-order valence-corrected chi connectivity index (χ0v) is 18.4. The molecule has 34 heavy (non-hydrogen) atoms. The van der Waals surface area contributed by atoms with Gasteiger partial charge in [0.2, 0.25) is 5.88 Å². The highest BCUT2D eigenvalue weighted by atomic mass is 19.1. The maximum absolute atomic E-state index is 13.2. The van der Waals surface area contributed by atoms with E-state index in [9.17, 15) is 9.65 Å². The van der Waals surface area contributed by atoms with Gasteiger partial charge < -0.3 is 9.64 Å². The number of piperidine rings is 1. The first-order chi connectivity index (χ1) is 16.6. The molecule has 4 aromatic rings. The van der Waals surface area contributed by atoms with Gasteiger partial charge in [0.05, 0.1) is 29.8 Å². The second-order valence-electron chi connectivity index (χ2n) is 8.07. The number of likely N-dealkylation sites (tertiary alicyclic amines) is 1. The molecular formula is C23H20FN9O. The Bertz CT molecular complexity index is 1420. The third-order valence-electron chi connectivity index (χ3n) is 6.00. The molecule has 5 rings (SSSR count). The van der Waals surface area contributed by atoms with Gasteiger partial charge in [-0.15, -0.1) is 5.10 Å². The molecule has 0 atom stereocenters. The average Bonchev–Trinajstić information content (AvgIpc) is 3.46. The fraction of sp³-hybridized carbons (Fsp3) is 0.304. The smallest absolute Gasteiger partial charge is 0.201 e. The van der Waals surface area contributed by atoms with Crippen LogP contribution in [-0.4, -0.2) is 47.4 Å². The zero-order valence-electron chi connectivity index (χ0n) is 18.4. The highest BCUT2D eigenvalue weighted by Crippen LogP contribution is 2.31. The van der Waals surface area contributed by atoms with Crippen molar-refractivity contribution in [3.05, 3.63) is 59.6 Å². The molecule has 1 saturated heterocycles. The number of ether oxygens (including phenoxy) is 1. The Morgan fingerprint density at radius 1 is 1.15 bits per heavy atom. The summed E-state index contributed by atoms with van der Waals surface area (Å²) in [6.45, 7) is 3.45. The maximum atomic E-state index is 13.2. The van der Waals surface area contributed by atoms with Crippen molar-refractivity contribution in [2.24, 2.45) is 0 Å². The van der Waals surface area contributed by atoms with Crippen LogP contribution >= 0.6 is 0 Å². The van der Waals surface area contributed by atoms with Crippen molar-refractivity contribution in [2.45, 2.75) is 32.4 Å². The lowest BCUT2D eigenvalue weighted by atomic mass is 10.0. The second kappa shape index (κ2) is 8.79. The van der Waals surface area contributed by atoms with E-state index in [1.165, 1.54) is 12.3 Å². The number of fused-ring (bicyclic) bond motifs is 1. The topological polar surface area (TPSA) is 121 Å². The van der Waals surface area contributed by atoms with Gasteiger partial charge in [0.25, 0.3) is 0 Å². The Morgan fingerprint density at radius 3 is 2.68 bits per heavy atom. The van der Waals surface area contributed by atoms with E-state index < -0.39 is 5.82 Å². The van der Waals surface area contributed by atoms with Crippen LogP contribution in [0.25, 0.3) is 16.9 Å². The summed E-state index contributed by atoms with van der Waals surface area (Å²) in [5, 5.41) is 27.4. The van der Waals surface area contributed by atoms with Crippen molar-refractivity contribution >= 4 is 5.65 Å². The first kappa shape index (κ1) is 21.3. The lowest BCUT2D eigenvalue weighted by Gasteiger charge is -2.28. The quantitative estimate of drug-likeness (QED) is 0.419. The molecular weight excluding hydrogens is 437 g/mol. The van der Waals surface area contributed by atoms with Crippen molar-refractivity contribution in [3.8, 4) is 29.4 Å². The number of aromatic nitrogens is 6. The highest BCUT2D eigenvalue weighted by molar-refractivity contribution is 5.68. The molecule has 0 radical (unpaired) electrons. The molecule has 170 valence electrons. The lowest BCUT2D eigenvalue weighted by Crippen LogP contribution is -2.31. The minimum absolute atomic E-state index is 0.0883. The number of hydrogen-bond donors (Lipinski definition) is 0. The number of halogens is 1. The minimum Gasteiger partial charge on any atom is -0.472 e. The van der Waals surface area contributed by atoms with Crippen molar-refractivity contribution in [1.29, 1.82) is 10.5 Å². The Labute approximate surface area is 194 Å². The molecule has 0 unspecified atom stereocenters. The fourth-order valence-corrected chi connectivity index (χ4v) is 4.20. The second-order valence-corrected chi connectivity index (χ2v) is 8.07. The van der Waals surface area contributed by atoms with Gasteiger partial charge in [0, 0.05) is 24.7 Å². The van der Waals surface area contributed by atoms with E-state index >= 15 is 0 Å². The molecule has 0 bridgehead atoms. The van der Waals surface area contributed by atoms with Crippen LogP contribution in [-0.2, 0) is 6.61 Å². The molecule has 0 amide bonds. The van der Waals surface area contributed by atoms with Gasteiger partial charge in [0.15, 0.2) is 6.19 Å². The van der Waals surface area contributed by atoms with Crippen LogP contribution in [0.2, 0.25) is 0 Å². The number of nitriles is 2. The summed E-state index contributed by atoms with van der Waals surface area (Å²) in [6.07, 6.45) is 6.45.